The lowest BCUT2D eigenvalue weighted by atomic mass is 10.1. The van der Waals surface area contributed by atoms with E-state index in [1.165, 1.54) is 18.4 Å². The summed E-state index contributed by atoms with van der Waals surface area (Å²) in [7, 11) is 1.33. The Morgan fingerprint density at radius 2 is 2.17 bits per heavy atom. The van der Waals surface area contributed by atoms with Crippen molar-refractivity contribution < 1.29 is 9.53 Å². The minimum absolute atomic E-state index is 0.414. The van der Waals surface area contributed by atoms with Gasteiger partial charge in [-0.05, 0) is 30.9 Å². The van der Waals surface area contributed by atoms with Crippen LogP contribution in [0.3, 0.4) is 0 Å². The molecule has 0 aromatic carbocycles. The van der Waals surface area contributed by atoms with Crippen molar-refractivity contribution in [3.05, 3.63) is 38.1 Å². The average molecular weight is 264 g/mol. The SMILES string of the molecule is COC(=O)c1scc(C)c1-c1cc(C)[nH]c(=O)n1. The first-order chi connectivity index (χ1) is 8.52. The van der Waals surface area contributed by atoms with Gasteiger partial charge in [0.2, 0.25) is 0 Å². The van der Waals surface area contributed by atoms with Gasteiger partial charge in [-0.1, -0.05) is 0 Å². The number of hydrogen-bond donors (Lipinski definition) is 1. The lowest BCUT2D eigenvalue weighted by molar-refractivity contribution is 0.0607. The fourth-order valence-corrected chi connectivity index (χ4v) is 2.69. The van der Waals surface area contributed by atoms with Crippen LogP contribution in [0.2, 0.25) is 0 Å². The molecule has 0 radical (unpaired) electrons. The Labute approximate surface area is 107 Å². The van der Waals surface area contributed by atoms with Crippen LogP contribution in [0.1, 0.15) is 20.9 Å². The van der Waals surface area contributed by atoms with Gasteiger partial charge in [0.15, 0.2) is 0 Å². The smallest absolute Gasteiger partial charge is 0.348 e. The molecule has 0 fully saturated rings. The monoisotopic (exact) mass is 264 g/mol. The Morgan fingerprint density at radius 1 is 1.44 bits per heavy atom. The zero-order valence-corrected chi connectivity index (χ0v) is 11.1. The molecule has 2 aromatic heterocycles. The fraction of sp³-hybridized carbons (Fsp3) is 0.250. The van der Waals surface area contributed by atoms with Crippen molar-refractivity contribution >= 4 is 17.3 Å². The van der Waals surface area contributed by atoms with Crippen LogP contribution in [0, 0.1) is 13.8 Å². The number of carbonyl (C=O) groups excluding carboxylic acids is 1. The Kier molecular flexibility index (Phi) is 3.29. The number of nitrogens with zero attached hydrogens (tertiary/aromatic N) is 1. The third-order valence-corrected chi connectivity index (χ3v) is 3.56. The Hall–Kier alpha value is -1.95. The molecule has 6 heteroatoms. The van der Waals surface area contributed by atoms with Gasteiger partial charge < -0.3 is 9.72 Å². The third-order valence-electron chi connectivity index (χ3n) is 2.48. The summed E-state index contributed by atoms with van der Waals surface area (Å²) in [5.74, 6) is -0.414. The summed E-state index contributed by atoms with van der Waals surface area (Å²) in [6, 6.07) is 1.74. The van der Waals surface area contributed by atoms with Gasteiger partial charge in [0, 0.05) is 11.3 Å². The average Bonchev–Trinajstić information content (AvgIpc) is 2.69. The van der Waals surface area contributed by atoms with E-state index in [2.05, 4.69) is 9.97 Å². The van der Waals surface area contributed by atoms with Gasteiger partial charge in [-0.3, -0.25) is 0 Å². The summed E-state index contributed by atoms with van der Waals surface area (Å²) in [5.41, 5.74) is 2.34. The molecule has 0 saturated heterocycles. The molecule has 2 heterocycles. The second-order valence-corrected chi connectivity index (χ2v) is 4.75. The molecular weight excluding hydrogens is 252 g/mol. The summed E-state index contributed by atoms with van der Waals surface area (Å²) < 4.78 is 4.73. The number of aromatic amines is 1. The predicted octanol–water partition coefficient (Wildman–Crippen LogP) is 1.90. The van der Waals surface area contributed by atoms with Crippen molar-refractivity contribution in [2.75, 3.05) is 7.11 Å². The van der Waals surface area contributed by atoms with Crippen LogP contribution in [-0.4, -0.2) is 23.0 Å². The van der Waals surface area contributed by atoms with Crippen molar-refractivity contribution in [3.63, 3.8) is 0 Å². The van der Waals surface area contributed by atoms with E-state index in [1.54, 1.807) is 13.0 Å². The third kappa shape index (κ3) is 2.19. The van der Waals surface area contributed by atoms with Crippen LogP contribution in [0.4, 0.5) is 0 Å². The number of methoxy groups -OCH3 is 1. The van der Waals surface area contributed by atoms with Gasteiger partial charge in [-0.25, -0.2) is 9.59 Å². The van der Waals surface area contributed by atoms with E-state index >= 15 is 0 Å². The number of aromatic nitrogens is 2. The summed E-state index contributed by atoms with van der Waals surface area (Å²) >= 11 is 1.29. The van der Waals surface area contributed by atoms with Crippen LogP contribution in [-0.2, 0) is 4.74 Å². The number of hydrogen-bond acceptors (Lipinski definition) is 5. The van der Waals surface area contributed by atoms with Gasteiger partial charge in [-0.2, -0.15) is 4.98 Å². The Balaban J connectivity index is 2.66. The molecule has 94 valence electrons. The molecule has 0 amide bonds. The number of thiophene rings is 1. The van der Waals surface area contributed by atoms with Crippen LogP contribution >= 0.6 is 11.3 Å². The Bertz CT molecular complexity index is 658. The Morgan fingerprint density at radius 3 is 2.78 bits per heavy atom. The molecule has 0 aliphatic rings. The molecule has 1 N–H and O–H groups in total. The largest absolute Gasteiger partial charge is 0.465 e. The number of ether oxygens (including phenoxy) is 1. The zero-order valence-electron chi connectivity index (χ0n) is 10.2. The summed E-state index contributed by atoms with van der Waals surface area (Å²) in [5, 5.41) is 1.85. The highest BCUT2D eigenvalue weighted by molar-refractivity contribution is 7.12. The van der Waals surface area contributed by atoms with Gasteiger partial charge >= 0.3 is 11.7 Å². The molecule has 0 bridgehead atoms. The number of carbonyl (C=O) groups is 1. The molecule has 18 heavy (non-hydrogen) atoms. The molecule has 0 saturated carbocycles. The molecule has 0 atom stereocenters. The maximum absolute atomic E-state index is 11.7. The highest BCUT2D eigenvalue weighted by atomic mass is 32.1. The maximum atomic E-state index is 11.7. The minimum atomic E-state index is -0.425. The van der Waals surface area contributed by atoms with Gasteiger partial charge in [0.25, 0.3) is 0 Å². The highest BCUT2D eigenvalue weighted by Crippen LogP contribution is 2.31. The number of nitrogens with one attached hydrogen (secondary N) is 1. The molecule has 2 aromatic rings. The summed E-state index contributed by atoms with van der Waals surface area (Å²) in [6.45, 7) is 3.64. The van der Waals surface area contributed by atoms with Gasteiger partial charge in [-0.15, -0.1) is 11.3 Å². The molecule has 0 spiro atoms. The first-order valence-electron chi connectivity index (χ1n) is 5.27. The van der Waals surface area contributed by atoms with Crippen molar-refractivity contribution in [3.8, 4) is 11.3 Å². The second kappa shape index (κ2) is 4.73. The van der Waals surface area contributed by atoms with Crippen LogP contribution in [0.25, 0.3) is 11.3 Å². The van der Waals surface area contributed by atoms with Gasteiger partial charge in [0.05, 0.1) is 12.8 Å². The molecule has 0 aliphatic heterocycles. The number of rotatable bonds is 2. The quantitative estimate of drug-likeness (QED) is 0.841. The van der Waals surface area contributed by atoms with Crippen LogP contribution < -0.4 is 5.69 Å². The number of aryl methyl sites for hydroxylation is 2. The zero-order chi connectivity index (χ0) is 13.3. The molecular formula is C12H12N2O3S. The van der Waals surface area contributed by atoms with E-state index in [-0.39, 0.29) is 0 Å². The van der Waals surface area contributed by atoms with Crippen molar-refractivity contribution in [2.24, 2.45) is 0 Å². The predicted molar refractivity (Wildman–Crippen MR) is 69.0 cm³/mol. The van der Waals surface area contributed by atoms with Gasteiger partial charge in [0.1, 0.15) is 4.88 Å². The molecule has 0 aliphatic carbocycles. The van der Waals surface area contributed by atoms with E-state index in [0.717, 1.165) is 5.56 Å². The van der Waals surface area contributed by atoms with E-state index < -0.39 is 11.7 Å². The topological polar surface area (TPSA) is 72.1 Å². The lowest BCUT2D eigenvalue weighted by Gasteiger charge is -2.04. The molecule has 0 unspecified atom stereocenters. The number of H-pyrrole nitrogens is 1. The summed E-state index contributed by atoms with van der Waals surface area (Å²) in [4.78, 5) is 30.0. The van der Waals surface area contributed by atoms with Crippen molar-refractivity contribution in [1.29, 1.82) is 0 Å². The second-order valence-electron chi connectivity index (χ2n) is 3.87. The molecule has 2 rings (SSSR count). The van der Waals surface area contributed by atoms with E-state index in [0.29, 0.717) is 21.8 Å². The molecule has 5 nitrogen and oxygen atoms in total. The highest BCUT2D eigenvalue weighted by Gasteiger charge is 2.19. The standard InChI is InChI=1S/C12H12N2O3S/c1-6-5-18-10(11(15)17-3)9(6)8-4-7(2)13-12(16)14-8/h4-5H,1-3H3,(H,13,14,16). The van der Waals surface area contributed by atoms with E-state index in [9.17, 15) is 9.59 Å². The summed E-state index contributed by atoms with van der Waals surface area (Å²) in [6.07, 6.45) is 0. The van der Waals surface area contributed by atoms with Crippen LogP contribution in [0.15, 0.2) is 16.2 Å². The first-order valence-corrected chi connectivity index (χ1v) is 6.15. The fourth-order valence-electron chi connectivity index (χ4n) is 1.71. The van der Waals surface area contributed by atoms with E-state index in [4.69, 9.17) is 4.74 Å². The van der Waals surface area contributed by atoms with E-state index in [1.807, 2.05) is 12.3 Å². The van der Waals surface area contributed by atoms with Crippen molar-refractivity contribution in [1.82, 2.24) is 9.97 Å². The van der Waals surface area contributed by atoms with Crippen molar-refractivity contribution in [2.45, 2.75) is 13.8 Å². The number of esters is 1. The maximum Gasteiger partial charge on any atom is 0.348 e. The van der Waals surface area contributed by atoms with Crippen LogP contribution in [0.5, 0.6) is 0 Å². The minimum Gasteiger partial charge on any atom is -0.465 e. The normalized spacial score (nSPS) is 10.4. The first kappa shape index (κ1) is 12.5. The lowest BCUT2D eigenvalue weighted by Crippen LogP contribution is -2.13.